The molecule has 0 unspecified atom stereocenters. The van der Waals surface area contributed by atoms with Crippen molar-refractivity contribution in [2.75, 3.05) is 18.8 Å². The number of pyridine rings is 1. The van der Waals surface area contributed by atoms with Crippen LogP contribution in [0.25, 0.3) is 22.5 Å². The van der Waals surface area contributed by atoms with Crippen LogP contribution in [0.15, 0.2) is 42.6 Å². The molecule has 2 aromatic heterocycles. The number of aromatic nitrogens is 3. The largest absolute Gasteiger partial charge is 0.472 e. The Morgan fingerprint density at radius 2 is 1.69 bits per heavy atom. The third kappa shape index (κ3) is 6.16. The van der Waals surface area contributed by atoms with Gasteiger partial charge in [-0.25, -0.2) is 24.1 Å². The average Bonchev–Trinajstić information content (AvgIpc) is 2.81. The number of carbonyl (C=O) groups is 1. The van der Waals surface area contributed by atoms with Crippen molar-refractivity contribution >= 4 is 23.5 Å². The quantitative estimate of drug-likeness (QED) is 0.482. The van der Waals surface area contributed by atoms with E-state index in [4.69, 9.17) is 26.8 Å². The van der Waals surface area contributed by atoms with Crippen molar-refractivity contribution in [1.29, 1.82) is 0 Å². The lowest BCUT2D eigenvalue weighted by molar-refractivity contribution is 0.0123. The molecule has 10 heteroatoms. The SMILES string of the molecule is CC(C)(C)OC(=O)N1CCC(Oc2nc(-c3ccc(Cl)nc3)c(-c3ccc(F)cc3)nc2N)CC1. The van der Waals surface area contributed by atoms with E-state index in [1.165, 1.54) is 12.1 Å². The number of nitrogens with two attached hydrogens (primary N) is 1. The zero-order chi connectivity index (χ0) is 25.2. The van der Waals surface area contributed by atoms with E-state index >= 15 is 0 Å². The normalized spacial score (nSPS) is 14.6. The number of ether oxygens (including phenoxy) is 2. The van der Waals surface area contributed by atoms with Gasteiger partial charge in [0.1, 0.15) is 28.4 Å². The highest BCUT2D eigenvalue weighted by atomic mass is 35.5. The number of carbonyl (C=O) groups excluding carboxylic acids is 1. The van der Waals surface area contributed by atoms with Gasteiger partial charge in [0, 0.05) is 43.3 Å². The van der Waals surface area contributed by atoms with Gasteiger partial charge in [-0.05, 0) is 57.2 Å². The van der Waals surface area contributed by atoms with Crippen LogP contribution < -0.4 is 10.5 Å². The third-order valence-electron chi connectivity index (χ3n) is 5.38. The number of anilines is 1. The maximum absolute atomic E-state index is 13.5. The molecule has 1 aliphatic heterocycles. The van der Waals surface area contributed by atoms with E-state index < -0.39 is 5.60 Å². The summed E-state index contributed by atoms with van der Waals surface area (Å²) in [4.78, 5) is 27.4. The van der Waals surface area contributed by atoms with Crippen LogP contribution >= 0.6 is 11.6 Å². The maximum atomic E-state index is 13.5. The molecular formula is C25H27ClFN5O3. The van der Waals surface area contributed by atoms with Gasteiger partial charge in [-0.15, -0.1) is 0 Å². The molecule has 8 nitrogen and oxygen atoms in total. The Kier molecular flexibility index (Phi) is 7.07. The monoisotopic (exact) mass is 499 g/mol. The van der Waals surface area contributed by atoms with Crippen LogP contribution in [-0.2, 0) is 4.74 Å². The third-order valence-corrected chi connectivity index (χ3v) is 5.60. The van der Waals surface area contributed by atoms with Crippen molar-refractivity contribution in [3.63, 3.8) is 0 Å². The molecular weight excluding hydrogens is 473 g/mol. The van der Waals surface area contributed by atoms with Crippen molar-refractivity contribution in [1.82, 2.24) is 19.9 Å². The zero-order valence-electron chi connectivity index (χ0n) is 19.8. The standard InChI is InChI=1S/C25H27ClFN5O3/c1-25(2,3)35-24(33)32-12-10-18(11-13-32)34-23-22(28)30-20(15-4-7-17(27)8-5-15)21(31-23)16-6-9-19(26)29-14-16/h4-9,14,18H,10-13H2,1-3H3,(H2,28,30). The van der Waals surface area contributed by atoms with Gasteiger partial charge in [0.15, 0.2) is 5.82 Å². The molecule has 3 heterocycles. The molecule has 2 N–H and O–H groups in total. The highest BCUT2D eigenvalue weighted by molar-refractivity contribution is 6.29. The summed E-state index contributed by atoms with van der Waals surface area (Å²) in [6, 6.07) is 9.33. The molecule has 1 fully saturated rings. The fourth-order valence-corrected chi connectivity index (χ4v) is 3.80. The number of likely N-dealkylation sites (tertiary alicyclic amines) is 1. The van der Waals surface area contributed by atoms with Crippen molar-refractivity contribution in [3.05, 3.63) is 53.6 Å². The van der Waals surface area contributed by atoms with Gasteiger partial charge in [-0.1, -0.05) is 11.6 Å². The van der Waals surface area contributed by atoms with Gasteiger partial charge in [-0.3, -0.25) is 0 Å². The molecule has 1 aromatic carbocycles. The van der Waals surface area contributed by atoms with Gasteiger partial charge < -0.3 is 20.1 Å². The zero-order valence-corrected chi connectivity index (χ0v) is 20.6. The molecule has 0 bridgehead atoms. The fraction of sp³-hybridized carbons (Fsp3) is 0.360. The molecule has 184 valence electrons. The molecule has 4 rings (SSSR count). The van der Waals surface area contributed by atoms with E-state index in [0.717, 1.165) is 0 Å². The van der Waals surface area contributed by atoms with Crippen molar-refractivity contribution < 1.29 is 18.7 Å². The van der Waals surface area contributed by atoms with Crippen molar-refractivity contribution in [2.45, 2.75) is 45.3 Å². The van der Waals surface area contributed by atoms with E-state index in [1.807, 2.05) is 20.8 Å². The minimum Gasteiger partial charge on any atom is -0.472 e. The van der Waals surface area contributed by atoms with Crippen LogP contribution in [0.4, 0.5) is 15.0 Å². The predicted octanol–water partition coefficient (Wildman–Crippen LogP) is 5.36. The summed E-state index contributed by atoms with van der Waals surface area (Å²) in [5.74, 6) is -0.0526. The molecule has 0 radical (unpaired) electrons. The lowest BCUT2D eigenvalue weighted by Gasteiger charge is -2.33. The molecule has 0 aliphatic carbocycles. The topological polar surface area (TPSA) is 103 Å². The molecule has 1 saturated heterocycles. The van der Waals surface area contributed by atoms with Crippen LogP contribution in [-0.4, -0.2) is 50.7 Å². The summed E-state index contributed by atoms with van der Waals surface area (Å²) in [6.07, 6.45) is 2.24. The summed E-state index contributed by atoms with van der Waals surface area (Å²) in [6.45, 7) is 6.51. The summed E-state index contributed by atoms with van der Waals surface area (Å²) < 4.78 is 25.1. The van der Waals surface area contributed by atoms with Crippen LogP contribution in [0.1, 0.15) is 33.6 Å². The van der Waals surface area contributed by atoms with Crippen molar-refractivity contribution in [2.24, 2.45) is 0 Å². The van der Waals surface area contributed by atoms with Gasteiger partial charge in [-0.2, -0.15) is 0 Å². The summed E-state index contributed by atoms with van der Waals surface area (Å²) in [5.41, 5.74) is 7.94. The van der Waals surface area contributed by atoms with E-state index in [0.29, 0.717) is 53.6 Å². The first kappa shape index (κ1) is 24.7. The minimum atomic E-state index is -0.548. The number of halogens is 2. The Morgan fingerprint density at radius 3 is 2.29 bits per heavy atom. The highest BCUT2D eigenvalue weighted by Gasteiger charge is 2.29. The number of hydrogen-bond acceptors (Lipinski definition) is 7. The minimum absolute atomic E-state index is 0.115. The van der Waals surface area contributed by atoms with Crippen LogP contribution in [0.5, 0.6) is 5.88 Å². The predicted molar refractivity (Wildman–Crippen MR) is 132 cm³/mol. The van der Waals surface area contributed by atoms with Gasteiger partial charge in [0.05, 0.1) is 5.69 Å². The Bertz CT molecular complexity index is 1190. The van der Waals surface area contributed by atoms with E-state index in [9.17, 15) is 9.18 Å². The van der Waals surface area contributed by atoms with Gasteiger partial charge >= 0.3 is 6.09 Å². The van der Waals surface area contributed by atoms with E-state index in [1.54, 1.807) is 35.4 Å². The maximum Gasteiger partial charge on any atom is 0.410 e. The molecule has 0 spiro atoms. The summed E-state index contributed by atoms with van der Waals surface area (Å²) >= 11 is 5.96. The second kappa shape index (κ2) is 10.0. The van der Waals surface area contributed by atoms with Crippen LogP contribution in [0.2, 0.25) is 5.15 Å². The number of hydrogen-bond donors (Lipinski definition) is 1. The first-order valence-electron chi connectivity index (χ1n) is 11.3. The molecule has 0 saturated carbocycles. The van der Waals surface area contributed by atoms with E-state index in [-0.39, 0.29) is 29.7 Å². The number of piperidine rings is 1. The summed E-state index contributed by atoms with van der Waals surface area (Å²) in [5, 5.41) is 0.341. The number of rotatable bonds is 4. The Hall–Kier alpha value is -3.46. The Labute approximate surface area is 208 Å². The Balaban J connectivity index is 1.57. The smallest absolute Gasteiger partial charge is 0.410 e. The molecule has 3 aromatic rings. The van der Waals surface area contributed by atoms with Gasteiger partial charge in [0.2, 0.25) is 0 Å². The second-order valence-corrected chi connectivity index (χ2v) is 9.66. The van der Waals surface area contributed by atoms with Crippen LogP contribution in [0, 0.1) is 5.82 Å². The van der Waals surface area contributed by atoms with Crippen LogP contribution in [0.3, 0.4) is 0 Å². The van der Waals surface area contributed by atoms with E-state index in [2.05, 4.69) is 15.0 Å². The lowest BCUT2D eigenvalue weighted by Crippen LogP contribution is -2.44. The number of nitrogen functional groups attached to an aromatic ring is 1. The summed E-state index contributed by atoms with van der Waals surface area (Å²) in [7, 11) is 0. The van der Waals surface area contributed by atoms with Gasteiger partial charge in [0.25, 0.3) is 5.88 Å². The first-order chi connectivity index (χ1) is 16.6. The number of amides is 1. The highest BCUT2D eigenvalue weighted by Crippen LogP contribution is 2.34. The molecule has 35 heavy (non-hydrogen) atoms. The molecule has 1 aliphatic rings. The average molecular weight is 500 g/mol. The lowest BCUT2D eigenvalue weighted by atomic mass is 10.1. The first-order valence-corrected chi connectivity index (χ1v) is 11.7. The molecule has 0 atom stereocenters. The number of benzene rings is 1. The Morgan fingerprint density at radius 1 is 1.06 bits per heavy atom. The number of nitrogens with zero attached hydrogens (tertiary/aromatic N) is 4. The molecule has 1 amide bonds. The van der Waals surface area contributed by atoms with Crippen molar-refractivity contribution in [3.8, 4) is 28.4 Å². The second-order valence-electron chi connectivity index (χ2n) is 9.27. The fourth-order valence-electron chi connectivity index (χ4n) is 3.69.